The predicted molar refractivity (Wildman–Crippen MR) is 181 cm³/mol. The maximum absolute atomic E-state index is 13.1. The average molecular weight is 797 g/mol. The molecular formula is C37H36N2O18. The van der Waals surface area contributed by atoms with Gasteiger partial charge in [0.05, 0.1) is 22.3 Å². The van der Waals surface area contributed by atoms with E-state index in [1.54, 1.807) is 12.1 Å². The van der Waals surface area contributed by atoms with Crippen LogP contribution in [-0.2, 0) is 66.9 Å². The third-order valence-corrected chi connectivity index (χ3v) is 8.53. The zero-order valence-electron chi connectivity index (χ0n) is 30.7. The van der Waals surface area contributed by atoms with Crippen molar-refractivity contribution in [2.45, 2.75) is 83.1 Å². The number of carbonyl (C=O) groups is 10. The Morgan fingerprint density at radius 3 is 1.39 bits per heavy atom. The Labute approximate surface area is 323 Å². The van der Waals surface area contributed by atoms with E-state index in [1.807, 2.05) is 0 Å². The van der Waals surface area contributed by atoms with E-state index in [0.29, 0.717) is 10.1 Å². The molecule has 1 fully saturated rings. The van der Waals surface area contributed by atoms with Gasteiger partial charge in [0.2, 0.25) is 0 Å². The zero-order valence-corrected chi connectivity index (χ0v) is 30.7. The molecule has 3 aliphatic heterocycles. The van der Waals surface area contributed by atoms with Gasteiger partial charge in [-0.15, -0.1) is 0 Å². The first-order valence-corrected chi connectivity index (χ1v) is 17.4. The van der Waals surface area contributed by atoms with E-state index < -0.39 is 116 Å². The van der Waals surface area contributed by atoms with Crippen LogP contribution in [0.15, 0.2) is 48.5 Å². The summed E-state index contributed by atoms with van der Waals surface area (Å²) in [5.74, 6) is -8.82. The SMILES string of the molecule is CO[C@H]1O[C@H](COC(=O)CCCC(=O)ON2C(=O)c3ccccc3C2=O)[C@@H](OC(=O)CCCC(=O)ON2C(=O)c3ccccc3C2=O)[C@H](OC(C)=O)[C@H]1OC(C)=O. The first-order valence-electron chi connectivity index (χ1n) is 17.4. The molecule has 2 aromatic carbocycles. The van der Waals surface area contributed by atoms with E-state index in [1.165, 1.54) is 43.5 Å². The summed E-state index contributed by atoms with van der Waals surface area (Å²) in [5, 5.41) is 0.664. The van der Waals surface area contributed by atoms with Crippen LogP contribution in [0.1, 0.15) is 93.8 Å². The van der Waals surface area contributed by atoms with Gasteiger partial charge >= 0.3 is 35.8 Å². The van der Waals surface area contributed by atoms with Crippen molar-refractivity contribution in [1.82, 2.24) is 10.1 Å². The van der Waals surface area contributed by atoms with E-state index in [4.69, 9.17) is 38.1 Å². The van der Waals surface area contributed by atoms with Crippen molar-refractivity contribution in [2.24, 2.45) is 0 Å². The molecule has 0 spiro atoms. The lowest BCUT2D eigenvalue weighted by Crippen LogP contribution is -2.62. The highest BCUT2D eigenvalue weighted by molar-refractivity contribution is 6.21. The van der Waals surface area contributed by atoms with Crippen LogP contribution in [0.3, 0.4) is 0 Å². The Morgan fingerprint density at radius 1 is 0.561 bits per heavy atom. The van der Waals surface area contributed by atoms with Crippen molar-refractivity contribution in [1.29, 1.82) is 0 Å². The van der Waals surface area contributed by atoms with Gasteiger partial charge in [0.25, 0.3) is 23.6 Å². The van der Waals surface area contributed by atoms with Crippen LogP contribution in [0.4, 0.5) is 0 Å². The fourth-order valence-corrected chi connectivity index (χ4v) is 5.99. The summed E-state index contributed by atoms with van der Waals surface area (Å²) in [5.41, 5.74) is 0.253. The number of fused-ring (bicyclic) bond motifs is 2. The van der Waals surface area contributed by atoms with E-state index in [2.05, 4.69) is 0 Å². The van der Waals surface area contributed by atoms with Crippen molar-refractivity contribution >= 4 is 59.4 Å². The van der Waals surface area contributed by atoms with Gasteiger partial charge in [-0.2, -0.15) is 0 Å². The minimum atomic E-state index is -1.58. The van der Waals surface area contributed by atoms with Gasteiger partial charge in [0.15, 0.2) is 24.6 Å². The van der Waals surface area contributed by atoms with Crippen LogP contribution >= 0.6 is 0 Å². The molecule has 2 aromatic rings. The number of benzene rings is 2. The lowest BCUT2D eigenvalue weighted by molar-refractivity contribution is -0.302. The van der Waals surface area contributed by atoms with Gasteiger partial charge < -0.3 is 38.1 Å². The molecule has 0 N–H and O–H groups in total. The third-order valence-electron chi connectivity index (χ3n) is 8.53. The van der Waals surface area contributed by atoms with Gasteiger partial charge in [-0.05, 0) is 37.1 Å². The van der Waals surface area contributed by atoms with E-state index in [0.717, 1.165) is 13.8 Å². The zero-order chi connectivity index (χ0) is 41.4. The summed E-state index contributed by atoms with van der Waals surface area (Å²) < 4.78 is 32.7. The highest BCUT2D eigenvalue weighted by atomic mass is 16.7. The van der Waals surface area contributed by atoms with Crippen LogP contribution in [-0.4, -0.2) is 114 Å². The molecular weight excluding hydrogens is 760 g/mol. The minimum absolute atomic E-state index is 0.0564. The molecule has 0 bridgehead atoms. The number of hydroxylamine groups is 4. The van der Waals surface area contributed by atoms with Crippen LogP contribution in [0, 0.1) is 0 Å². The Bertz CT molecular complexity index is 1910. The largest absolute Gasteiger partial charge is 0.463 e. The number of hydrogen-bond acceptors (Lipinski definition) is 18. The molecule has 302 valence electrons. The van der Waals surface area contributed by atoms with Gasteiger partial charge in [-0.1, -0.05) is 34.4 Å². The normalized spacial score (nSPS) is 21.0. The van der Waals surface area contributed by atoms with Crippen LogP contribution < -0.4 is 0 Å². The Kier molecular flexibility index (Phi) is 13.4. The Balaban J connectivity index is 1.16. The quantitative estimate of drug-likeness (QED) is 0.133. The highest BCUT2D eigenvalue weighted by Gasteiger charge is 2.53. The lowest BCUT2D eigenvalue weighted by Gasteiger charge is -2.43. The highest BCUT2D eigenvalue weighted by Crippen LogP contribution is 2.30. The topological polar surface area (TPSA) is 251 Å². The second kappa shape index (κ2) is 18.4. The molecule has 5 rings (SSSR count). The minimum Gasteiger partial charge on any atom is -0.463 e. The molecule has 0 aromatic heterocycles. The molecule has 0 unspecified atom stereocenters. The number of hydrogen-bond donors (Lipinski definition) is 0. The number of nitrogens with zero attached hydrogens (tertiary/aromatic N) is 2. The third kappa shape index (κ3) is 9.83. The van der Waals surface area contributed by atoms with Gasteiger partial charge in [-0.25, -0.2) is 9.59 Å². The number of methoxy groups -OCH3 is 1. The Hall–Kier alpha value is -6.54. The summed E-state index contributed by atoms with van der Waals surface area (Å²) in [4.78, 5) is 135. The molecule has 3 aliphatic rings. The van der Waals surface area contributed by atoms with Crippen molar-refractivity contribution in [3.05, 3.63) is 70.8 Å². The van der Waals surface area contributed by atoms with Crippen molar-refractivity contribution < 1.29 is 86.0 Å². The molecule has 1 saturated heterocycles. The summed E-state index contributed by atoms with van der Waals surface area (Å²) in [6.07, 6.45) is -9.37. The second-order valence-electron chi connectivity index (χ2n) is 12.6. The van der Waals surface area contributed by atoms with Crippen molar-refractivity contribution in [3.63, 3.8) is 0 Å². The number of rotatable bonds is 16. The first-order chi connectivity index (χ1) is 27.2. The predicted octanol–water partition coefficient (Wildman–Crippen LogP) is 1.53. The second-order valence-corrected chi connectivity index (χ2v) is 12.6. The molecule has 3 heterocycles. The lowest BCUT2D eigenvalue weighted by atomic mass is 9.98. The number of amides is 4. The maximum atomic E-state index is 13.1. The van der Waals surface area contributed by atoms with E-state index in [-0.39, 0.29) is 41.5 Å². The number of carbonyl (C=O) groups excluding carboxylic acids is 10. The number of esters is 4. The smallest absolute Gasteiger partial charge is 0.333 e. The molecule has 5 atom stereocenters. The monoisotopic (exact) mass is 796 g/mol. The standard InChI is InChI=1S/C37H36N2O18/c1-19(40)52-31-30(55-27(43)15-9-17-29(45)57-39-35(48)23-12-6-7-13-24(23)36(39)49)25(54-37(50-3)32(31)53-20(2)41)18-51-26(42)14-8-16-28(44)56-38-33(46)21-10-4-5-11-22(21)34(38)47/h4-7,10-13,25,30-32,37H,8-9,14-18H2,1-3H3/t25-,30-,31+,32-,37+/m1/s1. The molecule has 0 radical (unpaired) electrons. The Morgan fingerprint density at radius 2 is 0.965 bits per heavy atom. The fourth-order valence-electron chi connectivity index (χ4n) is 5.99. The summed E-state index contributed by atoms with van der Waals surface area (Å²) >= 11 is 0. The molecule has 20 nitrogen and oxygen atoms in total. The molecule has 57 heavy (non-hydrogen) atoms. The van der Waals surface area contributed by atoms with Crippen molar-refractivity contribution in [3.8, 4) is 0 Å². The number of imide groups is 2. The van der Waals surface area contributed by atoms with Crippen LogP contribution in [0.5, 0.6) is 0 Å². The fraction of sp³-hybridized carbons (Fsp3) is 0.405. The summed E-state index contributed by atoms with van der Waals surface area (Å²) in [6, 6.07) is 11.8. The van der Waals surface area contributed by atoms with Crippen molar-refractivity contribution in [2.75, 3.05) is 13.7 Å². The van der Waals surface area contributed by atoms with E-state index in [9.17, 15) is 47.9 Å². The molecule has 20 heteroatoms. The first kappa shape index (κ1) is 41.6. The van der Waals surface area contributed by atoms with Gasteiger partial charge in [0, 0.05) is 46.6 Å². The van der Waals surface area contributed by atoms with Gasteiger partial charge in [-0.3, -0.25) is 38.4 Å². The van der Waals surface area contributed by atoms with Gasteiger partial charge in [0.1, 0.15) is 12.7 Å². The molecule has 4 amide bonds. The maximum Gasteiger partial charge on any atom is 0.333 e. The summed E-state index contributed by atoms with van der Waals surface area (Å²) in [6.45, 7) is 1.46. The van der Waals surface area contributed by atoms with Crippen LogP contribution in [0.25, 0.3) is 0 Å². The van der Waals surface area contributed by atoms with Crippen LogP contribution in [0.2, 0.25) is 0 Å². The molecule has 0 saturated carbocycles. The molecule has 0 aliphatic carbocycles. The average Bonchev–Trinajstić information content (AvgIpc) is 3.55. The number of ether oxygens (including phenoxy) is 6. The summed E-state index contributed by atoms with van der Waals surface area (Å²) in [7, 11) is 1.18. The van der Waals surface area contributed by atoms with E-state index >= 15 is 0 Å².